The summed E-state index contributed by atoms with van der Waals surface area (Å²) in [5.74, 6) is -0.408. The Morgan fingerprint density at radius 1 is 1.38 bits per heavy atom. The maximum Gasteiger partial charge on any atom is 0.338 e. The Labute approximate surface area is 143 Å². The lowest BCUT2D eigenvalue weighted by Crippen LogP contribution is -2.49. The fraction of sp³-hybridized carbons (Fsp3) is 0.562. The van der Waals surface area contributed by atoms with Crippen LogP contribution in [-0.4, -0.2) is 58.5 Å². The number of ether oxygens (including phenoxy) is 2. The summed E-state index contributed by atoms with van der Waals surface area (Å²) in [5.41, 5.74) is 0.401. The number of hydrogen-bond acceptors (Lipinski definition) is 6. The first-order valence-electron chi connectivity index (χ1n) is 7.93. The van der Waals surface area contributed by atoms with Gasteiger partial charge in [-0.25, -0.2) is 13.7 Å². The number of rotatable bonds is 7. The van der Waals surface area contributed by atoms with Crippen molar-refractivity contribution in [3.05, 3.63) is 29.8 Å². The van der Waals surface area contributed by atoms with E-state index in [0.717, 1.165) is 6.42 Å². The molecule has 2 rings (SSSR count). The highest BCUT2D eigenvalue weighted by Gasteiger charge is 2.31. The van der Waals surface area contributed by atoms with Crippen molar-refractivity contribution >= 4 is 17.0 Å². The fourth-order valence-corrected chi connectivity index (χ4v) is 3.14. The Hall–Kier alpha value is -1.32. The van der Waals surface area contributed by atoms with Crippen molar-refractivity contribution in [1.82, 2.24) is 4.72 Å². The monoisotopic (exact) mass is 357 g/mol. The highest BCUT2D eigenvalue weighted by atomic mass is 32.2. The maximum atomic E-state index is 12.2. The van der Waals surface area contributed by atoms with E-state index >= 15 is 0 Å². The molecule has 1 heterocycles. The molecule has 4 unspecified atom stereocenters. The zero-order valence-corrected chi connectivity index (χ0v) is 14.3. The first-order valence-corrected chi connectivity index (χ1v) is 9.08. The predicted molar refractivity (Wildman–Crippen MR) is 87.8 cm³/mol. The fourth-order valence-electron chi connectivity index (χ4n) is 2.27. The molecule has 0 spiro atoms. The van der Waals surface area contributed by atoms with Crippen LogP contribution in [-0.2, 0) is 20.5 Å². The zero-order valence-electron chi connectivity index (χ0n) is 13.5. The smallest absolute Gasteiger partial charge is 0.338 e. The van der Waals surface area contributed by atoms with E-state index in [1.807, 2.05) is 6.92 Å². The minimum atomic E-state index is -1.51. The number of esters is 1. The van der Waals surface area contributed by atoms with Gasteiger partial charge in [0.25, 0.3) is 0 Å². The molecule has 7 nitrogen and oxygen atoms in total. The van der Waals surface area contributed by atoms with Gasteiger partial charge in [-0.3, -0.25) is 0 Å². The number of carbonyl (C=O) groups is 1. The van der Waals surface area contributed by atoms with Crippen molar-refractivity contribution in [3.8, 4) is 0 Å². The molecule has 4 atom stereocenters. The van der Waals surface area contributed by atoms with Gasteiger partial charge in [0, 0.05) is 13.2 Å². The lowest BCUT2D eigenvalue weighted by Gasteiger charge is -2.31. The number of benzene rings is 1. The summed E-state index contributed by atoms with van der Waals surface area (Å²) in [4.78, 5) is 12.2. The van der Waals surface area contributed by atoms with Gasteiger partial charge in [0.2, 0.25) is 0 Å². The van der Waals surface area contributed by atoms with Crippen molar-refractivity contribution < 1.29 is 28.7 Å². The number of aliphatic hydroxyl groups excluding tert-OH is 2. The normalized spacial score (nSPS) is 25.2. The molecular formula is C16H23NO6S. The summed E-state index contributed by atoms with van der Waals surface area (Å²) < 4.78 is 25.4. The van der Waals surface area contributed by atoms with Crippen molar-refractivity contribution in [1.29, 1.82) is 0 Å². The van der Waals surface area contributed by atoms with Crippen molar-refractivity contribution in [2.75, 3.05) is 19.8 Å². The van der Waals surface area contributed by atoms with E-state index in [0.29, 0.717) is 30.1 Å². The summed E-state index contributed by atoms with van der Waals surface area (Å²) in [6.45, 7) is 2.78. The van der Waals surface area contributed by atoms with Gasteiger partial charge in [-0.1, -0.05) is 6.92 Å². The van der Waals surface area contributed by atoms with Gasteiger partial charge >= 0.3 is 5.97 Å². The molecule has 0 bridgehead atoms. The summed E-state index contributed by atoms with van der Waals surface area (Å²) in [5, 5.41) is 19.4. The van der Waals surface area contributed by atoms with Crippen LogP contribution >= 0.6 is 0 Å². The Morgan fingerprint density at radius 2 is 2.08 bits per heavy atom. The van der Waals surface area contributed by atoms with Crippen LogP contribution in [0.2, 0.25) is 0 Å². The lowest BCUT2D eigenvalue weighted by atomic mass is 10.0. The molecule has 0 amide bonds. The second-order valence-corrected chi connectivity index (χ2v) is 6.83. The molecule has 1 saturated heterocycles. The van der Waals surface area contributed by atoms with Crippen molar-refractivity contribution in [2.24, 2.45) is 0 Å². The lowest BCUT2D eigenvalue weighted by molar-refractivity contribution is -0.131. The summed E-state index contributed by atoms with van der Waals surface area (Å²) >= 11 is 0. The molecule has 24 heavy (non-hydrogen) atoms. The standard InChI is InChI=1S/C16H23NO6S/c1-2-8-23-16(20)11-3-5-12(6-4-11)24(21)17-10-14-15(19)13(18)7-9-22-14/h3-6,13-15,17-19H,2,7-10H2,1H3. The molecule has 1 aliphatic rings. The Bertz CT molecular complexity index is 564. The molecular weight excluding hydrogens is 334 g/mol. The van der Waals surface area contributed by atoms with E-state index in [9.17, 15) is 19.2 Å². The molecule has 1 aromatic carbocycles. The summed E-state index contributed by atoms with van der Waals surface area (Å²) in [6.07, 6.45) is -1.30. The van der Waals surface area contributed by atoms with Crippen molar-refractivity contribution in [3.63, 3.8) is 0 Å². The molecule has 1 aromatic rings. The molecule has 8 heteroatoms. The van der Waals surface area contributed by atoms with Crippen LogP contribution in [0.4, 0.5) is 0 Å². The van der Waals surface area contributed by atoms with Gasteiger partial charge in [-0.05, 0) is 37.1 Å². The van der Waals surface area contributed by atoms with Crippen LogP contribution in [0.1, 0.15) is 30.1 Å². The number of carbonyl (C=O) groups excluding carboxylic acids is 1. The molecule has 134 valence electrons. The minimum Gasteiger partial charge on any atom is -0.462 e. The largest absolute Gasteiger partial charge is 0.462 e. The third-order valence-corrected chi connectivity index (χ3v) is 4.81. The SMILES string of the molecule is CCCOC(=O)c1ccc(S(=O)NCC2OCCC(O)C2O)cc1. The Balaban J connectivity index is 1.87. The summed E-state index contributed by atoms with van der Waals surface area (Å²) in [6, 6.07) is 6.28. The highest BCUT2D eigenvalue weighted by Crippen LogP contribution is 2.15. The number of nitrogens with one attached hydrogen (secondary N) is 1. The van der Waals surface area contributed by atoms with Gasteiger partial charge in [0.1, 0.15) is 17.1 Å². The van der Waals surface area contributed by atoms with Gasteiger partial charge in [-0.2, -0.15) is 0 Å². The molecule has 0 radical (unpaired) electrons. The van der Waals surface area contributed by atoms with E-state index in [1.54, 1.807) is 24.3 Å². The molecule has 0 aliphatic carbocycles. The first kappa shape index (κ1) is 19.0. The van der Waals surface area contributed by atoms with E-state index < -0.39 is 35.3 Å². The van der Waals surface area contributed by atoms with E-state index in [-0.39, 0.29) is 6.54 Å². The molecule has 1 fully saturated rings. The minimum absolute atomic E-state index is 0.144. The maximum absolute atomic E-state index is 12.2. The Morgan fingerprint density at radius 3 is 2.75 bits per heavy atom. The van der Waals surface area contributed by atoms with E-state index in [2.05, 4.69) is 4.72 Å². The highest BCUT2D eigenvalue weighted by molar-refractivity contribution is 7.83. The predicted octanol–water partition coefficient (Wildman–Crippen LogP) is 0.376. The molecule has 1 aliphatic heterocycles. The van der Waals surface area contributed by atoms with Gasteiger partial charge in [0.15, 0.2) is 0 Å². The van der Waals surface area contributed by atoms with Crippen LogP contribution in [0.3, 0.4) is 0 Å². The third-order valence-electron chi connectivity index (χ3n) is 3.68. The zero-order chi connectivity index (χ0) is 17.5. The first-order chi connectivity index (χ1) is 11.5. The van der Waals surface area contributed by atoms with E-state index in [4.69, 9.17) is 9.47 Å². The Kier molecular flexibility index (Phi) is 7.32. The van der Waals surface area contributed by atoms with Crippen LogP contribution in [0.15, 0.2) is 29.2 Å². The average molecular weight is 357 g/mol. The van der Waals surface area contributed by atoms with Crippen LogP contribution in [0.5, 0.6) is 0 Å². The number of aliphatic hydroxyl groups is 2. The van der Waals surface area contributed by atoms with Crippen LogP contribution in [0, 0.1) is 0 Å². The van der Waals surface area contributed by atoms with Gasteiger partial charge < -0.3 is 19.7 Å². The van der Waals surface area contributed by atoms with Crippen molar-refractivity contribution in [2.45, 2.75) is 43.0 Å². The quantitative estimate of drug-likeness (QED) is 0.609. The van der Waals surface area contributed by atoms with E-state index in [1.165, 1.54) is 0 Å². The van der Waals surface area contributed by atoms with Gasteiger partial charge in [0.05, 0.1) is 29.3 Å². The average Bonchev–Trinajstić information content (AvgIpc) is 2.60. The molecule has 0 saturated carbocycles. The van der Waals surface area contributed by atoms with Gasteiger partial charge in [-0.15, -0.1) is 0 Å². The third kappa shape index (κ3) is 5.09. The summed E-state index contributed by atoms with van der Waals surface area (Å²) in [7, 11) is -1.51. The molecule has 0 aromatic heterocycles. The number of hydrogen-bond donors (Lipinski definition) is 3. The topological polar surface area (TPSA) is 105 Å². The van der Waals surface area contributed by atoms with Crippen LogP contribution < -0.4 is 4.72 Å². The molecule has 3 N–H and O–H groups in total. The van der Waals surface area contributed by atoms with Crippen LogP contribution in [0.25, 0.3) is 0 Å². The second-order valence-electron chi connectivity index (χ2n) is 5.53. The second kappa shape index (κ2) is 9.24.